The van der Waals surface area contributed by atoms with E-state index in [1.807, 2.05) is 24.3 Å². The van der Waals surface area contributed by atoms with Crippen molar-refractivity contribution >= 4 is 23.3 Å². The maximum Gasteiger partial charge on any atom is 0.319 e. The average Bonchev–Trinajstić information content (AvgIpc) is 2.54. The Bertz CT molecular complexity index is 614. The molecule has 5 heteroatoms. The van der Waals surface area contributed by atoms with E-state index in [0.717, 1.165) is 17.7 Å². The van der Waals surface area contributed by atoms with E-state index in [1.165, 1.54) is 0 Å². The molecule has 0 aromatic heterocycles. The molecule has 0 atom stereocenters. The fourth-order valence-corrected chi connectivity index (χ4v) is 2.10. The van der Waals surface area contributed by atoms with Crippen molar-refractivity contribution in [1.82, 2.24) is 5.32 Å². The Morgan fingerprint density at radius 2 is 1.86 bits per heavy atom. The SMILES string of the molecule is CCc1ccccc1OCCNC(=O)Nc1ccc(Cl)cc1. The van der Waals surface area contributed by atoms with Crippen LogP contribution in [0.5, 0.6) is 5.75 Å². The van der Waals surface area contributed by atoms with Crippen molar-refractivity contribution in [2.24, 2.45) is 0 Å². The van der Waals surface area contributed by atoms with E-state index >= 15 is 0 Å². The molecular formula is C17H19ClN2O2. The highest BCUT2D eigenvalue weighted by molar-refractivity contribution is 6.30. The van der Waals surface area contributed by atoms with E-state index in [9.17, 15) is 4.79 Å². The van der Waals surface area contributed by atoms with Gasteiger partial charge in [0.25, 0.3) is 0 Å². The number of halogens is 1. The first-order chi connectivity index (χ1) is 10.7. The summed E-state index contributed by atoms with van der Waals surface area (Å²) in [5, 5.41) is 6.10. The van der Waals surface area contributed by atoms with Gasteiger partial charge >= 0.3 is 6.03 Å². The molecule has 116 valence electrons. The van der Waals surface area contributed by atoms with Crippen molar-refractivity contribution < 1.29 is 9.53 Å². The number of anilines is 1. The summed E-state index contributed by atoms with van der Waals surface area (Å²) in [5.74, 6) is 0.866. The van der Waals surface area contributed by atoms with Crippen LogP contribution in [-0.4, -0.2) is 19.2 Å². The third-order valence-corrected chi connectivity index (χ3v) is 3.35. The van der Waals surface area contributed by atoms with Crippen molar-refractivity contribution in [3.05, 3.63) is 59.1 Å². The Balaban J connectivity index is 1.72. The first kappa shape index (κ1) is 16.2. The van der Waals surface area contributed by atoms with E-state index in [4.69, 9.17) is 16.3 Å². The van der Waals surface area contributed by atoms with Crippen molar-refractivity contribution in [1.29, 1.82) is 0 Å². The molecule has 0 spiro atoms. The highest BCUT2D eigenvalue weighted by Crippen LogP contribution is 2.17. The zero-order valence-corrected chi connectivity index (χ0v) is 13.2. The van der Waals surface area contributed by atoms with Gasteiger partial charge in [-0.2, -0.15) is 0 Å². The van der Waals surface area contributed by atoms with Crippen LogP contribution < -0.4 is 15.4 Å². The lowest BCUT2D eigenvalue weighted by Crippen LogP contribution is -2.32. The third-order valence-electron chi connectivity index (χ3n) is 3.10. The lowest BCUT2D eigenvalue weighted by molar-refractivity contribution is 0.247. The number of nitrogens with one attached hydrogen (secondary N) is 2. The summed E-state index contributed by atoms with van der Waals surface area (Å²) >= 11 is 5.79. The molecule has 0 unspecified atom stereocenters. The van der Waals surface area contributed by atoms with Crippen LogP contribution in [0.15, 0.2) is 48.5 Å². The maximum atomic E-state index is 11.7. The topological polar surface area (TPSA) is 50.4 Å². The molecule has 2 N–H and O–H groups in total. The Morgan fingerprint density at radius 1 is 1.14 bits per heavy atom. The lowest BCUT2D eigenvalue weighted by atomic mass is 10.1. The molecule has 0 aliphatic rings. The first-order valence-corrected chi connectivity index (χ1v) is 7.58. The van der Waals surface area contributed by atoms with Gasteiger partial charge in [0.15, 0.2) is 0 Å². The van der Waals surface area contributed by atoms with Gasteiger partial charge in [0, 0.05) is 10.7 Å². The number of benzene rings is 2. The summed E-state index contributed by atoms with van der Waals surface area (Å²) in [6, 6.07) is 14.6. The van der Waals surface area contributed by atoms with Crippen LogP contribution in [0, 0.1) is 0 Å². The standard InChI is InChI=1S/C17H19ClN2O2/c1-2-13-5-3-4-6-16(13)22-12-11-19-17(21)20-15-9-7-14(18)8-10-15/h3-10H,2,11-12H2,1H3,(H2,19,20,21). The highest BCUT2D eigenvalue weighted by atomic mass is 35.5. The second kappa shape index (κ2) is 8.29. The van der Waals surface area contributed by atoms with Crippen LogP contribution in [0.1, 0.15) is 12.5 Å². The molecule has 4 nitrogen and oxygen atoms in total. The normalized spacial score (nSPS) is 10.1. The molecule has 0 fully saturated rings. The lowest BCUT2D eigenvalue weighted by Gasteiger charge is -2.11. The van der Waals surface area contributed by atoms with E-state index < -0.39 is 0 Å². The van der Waals surface area contributed by atoms with E-state index in [1.54, 1.807) is 24.3 Å². The smallest absolute Gasteiger partial charge is 0.319 e. The number of carbonyl (C=O) groups is 1. The Hall–Kier alpha value is -2.20. The second-order valence-corrected chi connectivity index (χ2v) is 5.13. The van der Waals surface area contributed by atoms with Crippen molar-refractivity contribution in [2.45, 2.75) is 13.3 Å². The van der Waals surface area contributed by atoms with E-state index in [0.29, 0.717) is 23.9 Å². The Morgan fingerprint density at radius 3 is 2.59 bits per heavy atom. The van der Waals surface area contributed by atoms with Crippen LogP contribution in [0.25, 0.3) is 0 Å². The summed E-state index contributed by atoms with van der Waals surface area (Å²) < 4.78 is 5.68. The highest BCUT2D eigenvalue weighted by Gasteiger charge is 2.03. The fourth-order valence-electron chi connectivity index (χ4n) is 1.97. The Labute approximate surface area is 135 Å². The summed E-state index contributed by atoms with van der Waals surface area (Å²) in [6.07, 6.45) is 0.917. The van der Waals surface area contributed by atoms with Gasteiger partial charge in [-0.05, 0) is 42.3 Å². The zero-order chi connectivity index (χ0) is 15.8. The zero-order valence-electron chi connectivity index (χ0n) is 12.4. The van der Waals surface area contributed by atoms with Crippen molar-refractivity contribution in [2.75, 3.05) is 18.5 Å². The van der Waals surface area contributed by atoms with Crippen LogP contribution in [0.3, 0.4) is 0 Å². The monoisotopic (exact) mass is 318 g/mol. The third kappa shape index (κ3) is 4.97. The van der Waals surface area contributed by atoms with Crippen molar-refractivity contribution in [3.8, 4) is 5.75 Å². The summed E-state index contributed by atoms with van der Waals surface area (Å²) in [6.45, 7) is 2.93. The van der Waals surface area contributed by atoms with Gasteiger partial charge in [0.1, 0.15) is 12.4 Å². The summed E-state index contributed by atoms with van der Waals surface area (Å²) in [4.78, 5) is 11.7. The van der Waals surface area contributed by atoms with Gasteiger partial charge in [-0.15, -0.1) is 0 Å². The second-order valence-electron chi connectivity index (χ2n) is 4.70. The molecule has 0 radical (unpaired) electrons. The van der Waals surface area contributed by atoms with Gasteiger partial charge in [-0.3, -0.25) is 0 Å². The average molecular weight is 319 g/mol. The Kier molecular flexibility index (Phi) is 6.10. The largest absolute Gasteiger partial charge is 0.491 e. The number of ether oxygens (including phenoxy) is 1. The molecule has 2 amide bonds. The number of rotatable bonds is 6. The number of hydrogen-bond donors (Lipinski definition) is 2. The quantitative estimate of drug-likeness (QED) is 0.788. The van der Waals surface area contributed by atoms with Gasteiger partial charge < -0.3 is 15.4 Å². The fraction of sp³-hybridized carbons (Fsp3) is 0.235. The molecule has 0 saturated heterocycles. The minimum atomic E-state index is -0.269. The number of carbonyl (C=O) groups excluding carboxylic acids is 1. The summed E-state index contributed by atoms with van der Waals surface area (Å²) in [5.41, 5.74) is 1.85. The molecule has 2 aromatic carbocycles. The van der Waals surface area contributed by atoms with Crippen LogP contribution in [-0.2, 0) is 6.42 Å². The molecular weight excluding hydrogens is 300 g/mol. The molecule has 22 heavy (non-hydrogen) atoms. The van der Waals surface area contributed by atoms with Gasteiger partial charge in [0.2, 0.25) is 0 Å². The number of urea groups is 1. The number of para-hydroxylation sites is 1. The van der Waals surface area contributed by atoms with E-state index in [-0.39, 0.29) is 6.03 Å². The molecule has 0 aliphatic heterocycles. The van der Waals surface area contributed by atoms with Gasteiger partial charge in [0.05, 0.1) is 6.54 Å². The van der Waals surface area contributed by atoms with Crippen molar-refractivity contribution in [3.63, 3.8) is 0 Å². The first-order valence-electron chi connectivity index (χ1n) is 7.20. The van der Waals surface area contributed by atoms with Gasteiger partial charge in [-0.25, -0.2) is 4.79 Å². The summed E-state index contributed by atoms with van der Waals surface area (Å²) in [7, 11) is 0. The number of amides is 2. The van der Waals surface area contributed by atoms with Crippen LogP contribution >= 0.6 is 11.6 Å². The minimum Gasteiger partial charge on any atom is -0.491 e. The van der Waals surface area contributed by atoms with Gasteiger partial charge in [-0.1, -0.05) is 36.7 Å². The maximum absolute atomic E-state index is 11.7. The number of aryl methyl sites for hydroxylation is 1. The predicted octanol–water partition coefficient (Wildman–Crippen LogP) is 4.10. The van der Waals surface area contributed by atoms with E-state index in [2.05, 4.69) is 17.6 Å². The molecule has 0 heterocycles. The van der Waals surface area contributed by atoms with Crippen LogP contribution in [0.2, 0.25) is 5.02 Å². The molecule has 0 aliphatic carbocycles. The predicted molar refractivity (Wildman–Crippen MR) is 89.8 cm³/mol. The number of hydrogen-bond acceptors (Lipinski definition) is 2. The minimum absolute atomic E-state index is 0.269. The molecule has 0 bridgehead atoms. The molecule has 2 rings (SSSR count). The molecule has 2 aromatic rings. The molecule has 0 saturated carbocycles. The van der Waals surface area contributed by atoms with Crippen LogP contribution in [0.4, 0.5) is 10.5 Å².